The molecule has 2 aliphatic carbocycles. The number of Topliss-reactive ketones (excluding diaryl/α,β-unsaturated/α-hetero) is 1. The van der Waals surface area contributed by atoms with Gasteiger partial charge in [-0.15, -0.1) is 0 Å². The number of rotatable bonds is 3. The zero-order valence-corrected chi connectivity index (χ0v) is 14.2. The monoisotopic (exact) mass is 294 g/mol. The molecule has 1 unspecified atom stereocenters. The Hall–Kier alpha value is -0.860. The standard InChI is InChI=1S/C18H30O3/c1-12(11-21-16(20)17(2,3)4)13-8-9-14-15(19)7-6-10-18(13,14)5/h12-14H,6-11H2,1-5H3/t12?,13-,14+,18-/m1/s1. The van der Waals surface area contributed by atoms with Crippen LogP contribution in [0.2, 0.25) is 0 Å². The van der Waals surface area contributed by atoms with E-state index < -0.39 is 5.41 Å². The lowest BCUT2D eigenvalue weighted by Crippen LogP contribution is -2.40. The van der Waals surface area contributed by atoms with Gasteiger partial charge in [-0.1, -0.05) is 13.8 Å². The van der Waals surface area contributed by atoms with Gasteiger partial charge < -0.3 is 4.74 Å². The van der Waals surface area contributed by atoms with Crippen molar-refractivity contribution in [3.8, 4) is 0 Å². The summed E-state index contributed by atoms with van der Waals surface area (Å²) in [5, 5.41) is 0. The summed E-state index contributed by atoms with van der Waals surface area (Å²) in [6.45, 7) is 10.6. The van der Waals surface area contributed by atoms with E-state index in [1.807, 2.05) is 20.8 Å². The minimum absolute atomic E-state index is 0.128. The molecule has 0 aromatic carbocycles. The Morgan fingerprint density at radius 2 is 2.05 bits per heavy atom. The third-order valence-electron chi connectivity index (χ3n) is 5.71. The van der Waals surface area contributed by atoms with Crippen LogP contribution < -0.4 is 0 Å². The lowest BCUT2D eigenvalue weighted by molar-refractivity contribution is -0.155. The van der Waals surface area contributed by atoms with Gasteiger partial charge in [0.1, 0.15) is 5.78 Å². The van der Waals surface area contributed by atoms with Gasteiger partial charge in [-0.25, -0.2) is 0 Å². The maximum atomic E-state index is 12.2. The first-order chi connectivity index (χ1) is 9.66. The smallest absolute Gasteiger partial charge is 0.311 e. The summed E-state index contributed by atoms with van der Waals surface area (Å²) >= 11 is 0. The van der Waals surface area contributed by atoms with Gasteiger partial charge >= 0.3 is 5.97 Å². The molecule has 0 heterocycles. The molecular formula is C18H30O3. The summed E-state index contributed by atoms with van der Waals surface area (Å²) in [7, 11) is 0. The van der Waals surface area contributed by atoms with Crippen LogP contribution in [0.4, 0.5) is 0 Å². The molecule has 4 atom stereocenters. The van der Waals surface area contributed by atoms with Crippen molar-refractivity contribution in [2.75, 3.05) is 6.61 Å². The minimum Gasteiger partial charge on any atom is -0.465 e. The van der Waals surface area contributed by atoms with Crippen molar-refractivity contribution in [2.45, 2.75) is 66.7 Å². The molecule has 21 heavy (non-hydrogen) atoms. The number of carbonyl (C=O) groups excluding carboxylic acids is 2. The maximum Gasteiger partial charge on any atom is 0.311 e. The van der Waals surface area contributed by atoms with Gasteiger partial charge in [0.25, 0.3) is 0 Å². The van der Waals surface area contributed by atoms with E-state index in [1.165, 1.54) is 0 Å². The molecular weight excluding hydrogens is 264 g/mol. The van der Waals surface area contributed by atoms with Crippen molar-refractivity contribution in [3.05, 3.63) is 0 Å². The van der Waals surface area contributed by atoms with E-state index in [-0.39, 0.29) is 17.3 Å². The first kappa shape index (κ1) is 16.5. The fourth-order valence-electron chi connectivity index (χ4n) is 4.44. The third kappa shape index (κ3) is 3.17. The SMILES string of the molecule is CC(COC(=O)C(C)(C)C)[C@H]1CC[C@H]2C(=O)CCC[C@]12C. The number of hydrogen-bond acceptors (Lipinski definition) is 3. The highest BCUT2D eigenvalue weighted by Crippen LogP contribution is 2.56. The Bertz CT molecular complexity index is 421. The molecule has 2 rings (SSSR count). The van der Waals surface area contributed by atoms with E-state index in [0.29, 0.717) is 24.2 Å². The second-order valence-electron chi connectivity index (χ2n) is 8.39. The van der Waals surface area contributed by atoms with Crippen LogP contribution in [0.25, 0.3) is 0 Å². The van der Waals surface area contributed by atoms with Crippen LogP contribution >= 0.6 is 0 Å². The molecule has 0 saturated heterocycles. The molecule has 2 fully saturated rings. The average Bonchev–Trinajstić information content (AvgIpc) is 2.73. The number of ether oxygens (including phenoxy) is 1. The predicted octanol–water partition coefficient (Wildman–Crippen LogP) is 4.00. The van der Waals surface area contributed by atoms with Gasteiger partial charge in [0, 0.05) is 12.3 Å². The van der Waals surface area contributed by atoms with Crippen LogP contribution in [0.3, 0.4) is 0 Å². The molecule has 3 nitrogen and oxygen atoms in total. The van der Waals surface area contributed by atoms with Crippen LogP contribution in [-0.2, 0) is 14.3 Å². The number of hydrogen-bond donors (Lipinski definition) is 0. The van der Waals surface area contributed by atoms with E-state index in [2.05, 4.69) is 13.8 Å². The first-order valence-electron chi connectivity index (χ1n) is 8.36. The lowest BCUT2D eigenvalue weighted by atomic mass is 9.62. The molecule has 0 spiro atoms. The summed E-state index contributed by atoms with van der Waals surface area (Å²) in [6.07, 6.45) is 5.06. The van der Waals surface area contributed by atoms with E-state index in [9.17, 15) is 9.59 Å². The summed E-state index contributed by atoms with van der Waals surface area (Å²) in [4.78, 5) is 24.1. The molecule has 120 valence electrons. The number of carbonyl (C=O) groups is 2. The van der Waals surface area contributed by atoms with Crippen LogP contribution in [0.15, 0.2) is 0 Å². The Morgan fingerprint density at radius 3 is 2.67 bits per heavy atom. The van der Waals surface area contributed by atoms with Crippen LogP contribution in [0, 0.1) is 28.6 Å². The molecule has 0 aromatic heterocycles. The highest BCUT2D eigenvalue weighted by Gasteiger charge is 2.52. The Kier molecular flexibility index (Phi) is 4.51. The fourth-order valence-corrected chi connectivity index (χ4v) is 4.44. The molecule has 0 aliphatic heterocycles. The molecule has 2 saturated carbocycles. The fraction of sp³-hybridized carbons (Fsp3) is 0.889. The number of esters is 1. The molecule has 0 amide bonds. The molecule has 0 N–H and O–H groups in total. The van der Waals surface area contributed by atoms with Gasteiger partial charge in [0.2, 0.25) is 0 Å². The highest BCUT2D eigenvalue weighted by atomic mass is 16.5. The maximum absolute atomic E-state index is 12.2. The normalized spacial score (nSPS) is 34.4. The van der Waals surface area contributed by atoms with E-state index in [0.717, 1.165) is 32.1 Å². The van der Waals surface area contributed by atoms with Crippen molar-refractivity contribution in [1.29, 1.82) is 0 Å². The van der Waals surface area contributed by atoms with Crippen molar-refractivity contribution in [2.24, 2.45) is 28.6 Å². The highest BCUT2D eigenvalue weighted by molar-refractivity contribution is 5.83. The van der Waals surface area contributed by atoms with Gasteiger partial charge in [0.15, 0.2) is 0 Å². The summed E-state index contributed by atoms with van der Waals surface area (Å²) in [5.41, 5.74) is -0.314. The lowest BCUT2D eigenvalue weighted by Gasteiger charge is -2.42. The van der Waals surface area contributed by atoms with Crippen LogP contribution in [-0.4, -0.2) is 18.4 Å². The van der Waals surface area contributed by atoms with E-state index >= 15 is 0 Å². The molecule has 0 aromatic rings. The van der Waals surface area contributed by atoms with Gasteiger partial charge in [-0.05, 0) is 63.7 Å². The van der Waals surface area contributed by atoms with Crippen molar-refractivity contribution >= 4 is 11.8 Å². The van der Waals surface area contributed by atoms with Crippen molar-refractivity contribution < 1.29 is 14.3 Å². The molecule has 2 aliphatic rings. The average molecular weight is 294 g/mol. The minimum atomic E-state index is -0.442. The second kappa shape index (κ2) is 5.73. The third-order valence-corrected chi connectivity index (χ3v) is 5.71. The van der Waals surface area contributed by atoms with Gasteiger partial charge in [-0.2, -0.15) is 0 Å². The molecule has 3 heteroatoms. The van der Waals surface area contributed by atoms with E-state index in [1.54, 1.807) is 0 Å². The van der Waals surface area contributed by atoms with E-state index in [4.69, 9.17) is 4.74 Å². The number of fused-ring (bicyclic) bond motifs is 1. The van der Waals surface area contributed by atoms with Crippen molar-refractivity contribution in [1.82, 2.24) is 0 Å². The molecule has 0 bridgehead atoms. The van der Waals surface area contributed by atoms with Gasteiger partial charge in [-0.3, -0.25) is 9.59 Å². The second-order valence-corrected chi connectivity index (χ2v) is 8.39. The van der Waals surface area contributed by atoms with Crippen LogP contribution in [0.1, 0.15) is 66.7 Å². The predicted molar refractivity (Wildman–Crippen MR) is 82.8 cm³/mol. The van der Waals surface area contributed by atoms with Crippen molar-refractivity contribution in [3.63, 3.8) is 0 Å². The Balaban J connectivity index is 1.98. The largest absolute Gasteiger partial charge is 0.465 e. The Morgan fingerprint density at radius 1 is 1.38 bits per heavy atom. The Labute approximate surface area is 128 Å². The zero-order chi connectivity index (χ0) is 15.8. The van der Waals surface area contributed by atoms with Crippen LogP contribution in [0.5, 0.6) is 0 Å². The topological polar surface area (TPSA) is 43.4 Å². The first-order valence-corrected chi connectivity index (χ1v) is 8.36. The quantitative estimate of drug-likeness (QED) is 0.739. The summed E-state index contributed by atoms with van der Waals surface area (Å²) in [6, 6.07) is 0. The number of ketones is 1. The summed E-state index contributed by atoms with van der Waals surface area (Å²) in [5.74, 6) is 1.41. The molecule has 0 radical (unpaired) electrons. The zero-order valence-electron chi connectivity index (χ0n) is 14.2. The van der Waals surface area contributed by atoms with Gasteiger partial charge in [0.05, 0.1) is 12.0 Å². The summed E-state index contributed by atoms with van der Waals surface area (Å²) < 4.78 is 5.51.